The fourth-order valence-corrected chi connectivity index (χ4v) is 2.54. The SMILES string of the molecule is CCOc1ccccc1C(=O)NCC(=O)Nc1cnc2ccccc2c1. The van der Waals surface area contributed by atoms with Crippen LogP contribution >= 0.6 is 0 Å². The normalized spacial score (nSPS) is 10.3. The van der Waals surface area contributed by atoms with Crippen LogP contribution < -0.4 is 15.4 Å². The van der Waals surface area contributed by atoms with Crippen molar-refractivity contribution in [1.82, 2.24) is 10.3 Å². The summed E-state index contributed by atoms with van der Waals surface area (Å²) >= 11 is 0. The number of nitrogens with zero attached hydrogens (tertiary/aromatic N) is 1. The molecule has 0 bridgehead atoms. The Kier molecular flexibility index (Phi) is 5.43. The van der Waals surface area contributed by atoms with E-state index in [9.17, 15) is 9.59 Å². The molecule has 0 saturated carbocycles. The summed E-state index contributed by atoms with van der Waals surface area (Å²) in [6.07, 6.45) is 1.59. The van der Waals surface area contributed by atoms with Crippen molar-refractivity contribution in [3.63, 3.8) is 0 Å². The summed E-state index contributed by atoms with van der Waals surface area (Å²) in [6.45, 7) is 2.16. The fraction of sp³-hybridized carbons (Fsp3) is 0.150. The molecule has 132 valence electrons. The van der Waals surface area contributed by atoms with Gasteiger partial charge < -0.3 is 15.4 Å². The largest absolute Gasteiger partial charge is 0.493 e. The van der Waals surface area contributed by atoms with E-state index in [2.05, 4.69) is 15.6 Å². The van der Waals surface area contributed by atoms with E-state index in [1.54, 1.807) is 30.5 Å². The number of para-hydroxylation sites is 2. The minimum absolute atomic E-state index is 0.147. The third kappa shape index (κ3) is 4.16. The number of pyridine rings is 1. The lowest BCUT2D eigenvalue weighted by Gasteiger charge is -2.10. The number of carbonyl (C=O) groups is 2. The van der Waals surface area contributed by atoms with E-state index in [-0.39, 0.29) is 18.4 Å². The van der Waals surface area contributed by atoms with Gasteiger partial charge in [0.15, 0.2) is 0 Å². The van der Waals surface area contributed by atoms with Crippen molar-refractivity contribution in [2.45, 2.75) is 6.92 Å². The highest BCUT2D eigenvalue weighted by atomic mass is 16.5. The summed E-state index contributed by atoms with van der Waals surface area (Å²) < 4.78 is 5.43. The molecule has 6 nitrogen and oxygen atoms in total. The van der Waals surface area contributed by atoms with Gasteiger partial charge in [-0.3, -0.25) is 14.6 Å². The Hall–Kier alpha value is -3.41. The van der Waals surface area contributed by atoms with Gasteiger partial charge in [0, 0.05) is 5.39 Å². The van der Waals surface area contributed by atoms with Gasteiger partial charge in [0.1, 0.15) is 5.75 Å². The van der Waals surface area contributed by atoms with Crippen LogP contribution in [0.25, 0.3) is 10.9 Å². The summed E-state index contributed by atoms with van der Waals surface area (Å²) in [4.78, 5) is 28.7. The van der Waals surface area contributed by atoms with Gasteiger partial charge in [0.25, 0.3) is 5.91 Å². The molecule has 0 aliphatic heterocycles. The highest BCUT2D eigenvalue weighted by Crippen LogP contribution is 2.18. The number of aromatic nitrogens is 1. The molecular formula is C20H19N3O3. The summed E-state index contributed by atoms with van der Waals surface area (Å²) in [7, 11) is 0. The Labute approximate surface area is 151 Å². The summed E-state index contributed by atoms with van der Waals surface area (Å²) in [5.41, 5.74) is 1.83. The van der Waals surface area contributed by atoms with E-state index in [0.29, 0.717) is 23.6 Å². The molecule has 6 heteroatoms. The van der Waals surface area contributed by atoms with E-state index < -0.39 is 0 Å². The molecule has 2 aromatic carbocycles. The Morgan fingerprint density at radius 1 is 1.08 bits per heavy atom. The number of amides is 2. The lowest BCUT2D eigenvalue weighted by molar-refractivity contribution is -0.115. The van der Waals surface area contributed by atoms with E-state index in [1.165, 1.54) is 0 Å². The standard InChI is InChI=1S/C20H19N3O3/c1-2-26-18-10-6-4-8-16(18)20(25)22-13-19(24)23-15-11-14-7-3-5-9-17(14)21-12-15/h3-12H,2,13H2,1H3,(H,22,25)(H,23,24). The average molecular weight is 349 g/mol. The Morgan fingerprint density at radius 2 is 1.85 bits per heavy atom. The summed E-state index contributed by atoms with van der Waals surface area (Å²) in [6, 6.07) is 16.4. The highest BCUT2D eigenvalue weighted by Gasteiger charge is 2.13. The van der Waals surface area contributed by atoms with Crippen molar-refractivity contribution in [3.05, 3.63) is 66.4 Å². The number of rotatable bonds is 6. The molecule has 26 heavy (non-hydrogen) atoms. The van der Waals surface area contributed by atoms with Gasteiger partial charge in [-0.25, -0.2) is 0 Å². The maximum absolute atomic E-state index is 12.3. The molecule has 0 fully saturated rings. The van der Waals surface area contributed by atoms with Crippen LogP contribution in [0.3, 0.4) is 0 Å². The van der Waals surface area contributed by atoms with E-state index in [0.717, 1.165) is 10.9 Å². The van der Waals surface area contributed by atoms with Crippen LogP contribution in [0.1, 0.15) is 17.3 Å². The van der Waals surface area contributed by atoms with Crippen molar-refractivity contribution in [3.8, 4) is 5.75 Å². The van der Waals surface area contributed by atoms with Crippen LogP contribution in [0.4, 0.5) is 5.69 Å². The number of ether oxygens (including phenoxy) is 1. The second-order valence-corrected chi connectivity index (χ2v) is 5.58. The van der Waals surface area contributed by atoms with E-state index >= 15 is 0 Å². The first kappa shape index (κ1) is 17.4. The molecule has 0 spiro atoms. The van der Waals surface area contributed by atoms with Crippen molar-refractivity contribution in [2.75, 3.05) is 18.5 Å². The summed E-state index contributed by atoms with van der Waals surface area (Å²) in [5.74, 6) is -0.197. The zero-order chi connectivity index (χ0) is 18.4. The summed E-state index contributed by atoms with van der Waals surface area (Å²) in [5, 5.41) is 6.27. The smallest absolute Gasteiger partial charge is 0.255 e. The van der Waals surface area contributed by atoms with E-state index in [4.69, 9.17) is 4.74 Å². The first-order chi connectivity index (χ1) is 12.7. The predicted octanol–water partition coefficient (Wildman–Crippen LogP) is 3.00. The van der Waals surface area contributed by atoms with Crippen LogP contribution in [-0.4, -0.2) is 29.9 Å². The number of hydrogen-bond donors (Lipinski definition) is 2. The molecule has 0 atom stereocenters. The number of hydrogen-bond acceptors (Lipinski definition) is 4. The Balaban J connectivity index is 1.60. The maximum Gasteiger partial charge on any atom is 0.255 e. The minimum Gasteiger partial charge on any atom is -0.493 e. The van der Waals surface area contributed by atoms with Gasteiger partial charge in [-0.1, -0.05) is 30.3 Å². The number of anilines is 1. The zero-order valence-electron chi connectivity index (χ0n) is 14.4. The first-order valence-electron chi connectivity index (χ1n) is 8.32. The molecule has 0 aliphatic rings. The first-order valence-corrected chi connectivity index (χ1v) is 8.32. The molecule has 2 amide bonds. The van der Waals surface area contributed by atoms with Crippen LogP contribution in [-0.2, 0) is 4.79 Å². The fourth-order valence-electron chi connectivity index (χ4n) is 2.54. The Morgan fingerprint density at radius 3 is 2.69 bits per heavy atom. The van der Waals surface area contributed by atoms with Gasteiger partial charge in [0.2, 0.25) is 5.91 Å². The zero-order valence-corrected chi connectivity index (χ0v) is 14.4. The number of fused-ring (bicyclic) bond motifs is 1. The molecular weight excluding hydrogens is 330 g/mol. The van der Waals surface area contributed by atoms with E-state index in [1.807, 2.05) is 37.3 Å². The second kappa shape index (κ2) is 8.11. The monoisotopic (exact) mass is 349 g/mol. The second-order valence-electron chi connectivity index (χ2n) is 5.58. The molecule has 0 unspecified atom stereocenters. The molecule has 1 heterocycles. The van der Waals surface area contributed by atoms with Crippen molar-refractivity contribution in [2.24, 2.45) is 0 Å². The molecule has 3 rings (SSSR count). The molecule has 2 N–H and O–H groups in total. The molecule has 0 radical (unpaired) electrons. The van der Waals surface area contributed by atoms with Gasteiger partial charge in [-0.15, -0.1) is 0 Å². The third-order valence-corrected chi connectivity index (χ3v) is 3.72. The predicted molar refractivity (Wildman–Crippen MR) is 100 cm³/mol. The van der Waals surface area contributed by atoms with Gasteiger partial charge in [-0.05, 0) is 31.2 Å². The molecule has 0 saturated heterocycles. The van der Waals surface area contributed by atoms with Crippen LogP contribution in [0.2, 0.25) is 0 Å². The van der Waals surface area contributed by atoms with Crippen LogP contribution in [0.15, 0.2) is 60.8 Å². The minimum atomic E-state index is -0.360. The number of carbonyl (C=O) groups excluding carboxylic acids is 2. The van der Waals surface area contributed by atoms with Gasteiger partial charge in [-0.2, -0.15) is 0 Å². The third-order valence-electron chi connectivity index (χ3n) is 3.72. The van der Waals surface area contributed by atoms with Crippen molar-refractivity contribution < 1.29 is 14.3 Å². The molecule has 3 aromatic rings. The van der Waals surface area contributed by atoms with Crippen molar-refractivity contribution >= 4 is 28.4 Å². The quantitative estimate of drug-likeness (QED) is 0.717. The van der Waals surface area contributed by atoms with Crippen LogP contribution in [0, 0.1) is 0 Å². The topological polar surface area (TPSA) is 80.3 Å². The van der Waals surface area contributed by atoms with Gasteiger partial charge >= 0.3 is 0 Å². The number of benzene rings is 2. The highest BCUT2D eigenvalue weighted by molar-refractivity contribution is 6.01. The lowest BCUT2D eigenvalue weighted by Crippen LogP contribution is -2.33. The molecule has 0 aliphatic carbocycles. The average Bonchev–Trinajstić information content (AvgIpc) is 2.67. The van der Waals surface area contributed by atoms with Crippen molar-refractivity contribution in [1.29, 1.82) is 0 Å². The lowest BCUT2D eigenvalue weighted by atomic mass is 10.2. The maximum atomic E-state index is 12.3. The molecule has 1 aromatic heterocycles. The number of nitrogens with one attached hydrogen (secondary N) is 2. The van der Waals surface area contributed by atoms with Gasteiger partial charge in [0.05, 0.1) is 36.1 Å². The Bertz CT molecular complexity index is 940. The van der Waals surface area contributed by atoms with Crippen LogP contribution in [0.5, 0.6) is 5.75 Å².